The number of carbonyl (C=O) groups excluding carboxylic acids is 1. The molecule has 0 radical (unpaired) electrons. The molecule has 1 aliphatic heterocycles. The minimum Gasteiger partial charge on any atom is -0.486 e. The number of ether oxygens (including phenoxy) is 2. The number of hydrogen-bond acceptors (Lipinski definition) is 4. The molecule has 7 heteroatoms. The van der Waals surface area contributed by atoms with Crippen molar-refractivity contribution < 1.29 is 14.3 Å². The summed E-state index contributed by atoms with van der Waals surface area (Å²) in [6.07, 6.45) is 2.79. The molecule has 6 nitrogen and oxygen atoms in total. The highest BCUT2D eigenvalue weighted by Crippen LogP contribution is 2.37. The molecule has 21 heavy (non-hydrogen) atoms. The van der Waals surface area contributed by atoms with Gasteiger partial charge in [-0.05, 0) is 0 Å². The molecular weight excluding hydrogens is 296 g/mol. The summed E-state index contributed by atoms with van der Waals surface area (Å²) in [5.41, 5.74) is -0.0162. The number of hydrogen-bond donors (Lipinski definition) is 2. The quantitative estimate of drug-likeness (QED) is 0.890. The monoisotopic (exact) mass is 306 g/mol. The smallest absolute Gasteiger partial charge is 0.261 e. The molecule has 1 aromatic carbocycles. The molecule has 0 aliphatic carbocycles. The van der Waals surface area contributed by atoms with Gasteiger partial charge in [-0.3, -0.25) is 9.59 Å². The average molecular weight is 307 g/mol. The molecule has 0 spiro atoms. The third kappa shape index (κ3) is 2.71. The van der Waals surface area contributed by atoms with Crippen LogP contribution in [-0.4, -0.2) is 24.1 Å². The molecule has 1 amide bonds. The molecule has 1 aromatic heterocycles. The summed E-state index contributed by atoms with van der Waals surface area (Å²) < 4.78 is 10.8. The number of halogens is 1. The van der Waals surface area contributed by atoms with E-state index < -0.39 is 5.91 Å². The number of amides is 1. The summed E-state index contributed by atoms with van der Waals surface area (Å²) in [6.45, 7) is 0.884. The van der Waals surface area contributed by atoms with Crippen LogP contribution >= 0.6 is 11.6 Å². The first kappa shape index (κ1) is 13.5. The number of rotatable bonds is 2. The molecule has 2 N–H and O–H groups in total. The van der Waals surface area contributed by atoms with Crippen molar-refractivity contribution in [2.24, 2.45) is 0 Å². The van der Waals surface area contributed by atoms with Crippen molar-refractivity contribution in [1.82, 2.24) is 4.98 Å². The Bertz CT molecular complexity index is 757. The van der Waals surface area contributed by atoms with Crippen LogP contribution in [0.3, 0.4) is 0 Å². The Labute approximate surface area is 124 Å². The van der Waals surface area contributed by atoms with Gasteiger partial charge in [-0.2, -0.15) is 0 Å². The fourth-order valence-electron chi connectivity index (χ4n) is 1.94. The Balaban J connectivity index is 1.90. The van der Waals surface area contributed by atoms with Crippen LogP contribution in [0.1, 0.15) is 10.4 Å². The molecule has 0 fully saturated rings. The molecule has 1 aliphatic rings. The van der Waals surface area contributed by atoms with Gasteiger partial charge >= 0.3 is 0 Å². The number of anilines is 1. The lowest BCUT2D eigenvalue weighted by molar-refractivity contribution is 0.102. The number of pyridine rings is 1. The van der Waals surface area contributed by atoms with Crippen molar-refractivity contribution in [1.29, 1.82) is 0 Å². The van der Waals surface area contributed by atoms with Gasteiger partial charge in [0.15, 0.2) is 16.9 Å². The van der Waals surface area contributed by atoms with E-state index in [1.807, 2.05) is 0 Å². The summed E-state index contributed by atoms with van der Waals surface area (Å²) in [7, 11) is 0. The van der Waals surface area contributed by atoms with Crippen LogP contribution in [0.15, 0.2) is 35.4 Å². The van der Waals surface area contributed by atoms with E-state index in [1.165, 1.54) is 18.5 Å². The summed E-state index contributed by atoms with van der Waals surface area (Å²) in [4.78, 5) is 26.4. The fourth-order valence-corrected chi connectivity index (χ4v) is 2.14. The van der Waals surface area contributed by atoms with Crippen LogP contribution in [0.25, 0.3) is 0 Å². The summed E-state index contributed by atoms with van der Waals surface area (Å²) in [5, 5.41) is 2.90. The van der Waals surface area contributed by atoms with E-state index in [0.29, 0.717) is 35.4 Å². The van der Waals surface area contributed by atoms with Crippen molar-refractivity contribution in [3.8, 4) is 11.5 Å². The Morgan fingerprint density at radius 1 is 1.24 bits per heavy atom. The standard InChI is InChI=1S/C14H11ClN2O4/c15-9-5-12-13(21-4-3-20-12)6-10(9)17-14(19)8-7-16-2-1-11(8)18/h1-2,5-7H,3-4H2,(H,16,18)(H,17,19). The number of carbonyl (C=O) groups is 1. The van der Waals surface area contributed by atoms with Gasteiger partial charge in [0, 0.05) is 30.6 Å². The van der Waals surface area contributed by atoms with Crippen LogP contribution in [0.2, 0.25) is 5.02 Å². The number of nitrogens with one attached hydrogen (secondary N) is 2. The predicted octanol–water partition coefficient (Wildman–Crippen LogP) is 2.05. The zero-order valence-corrected chi connectivity index (χ0v) is 11.6. The van der Waals surface area contributed by atoms with Gasteiger partial charge < -0.3 is 19.8 Å². The topological polar surface area (TPSA) is 80.4 Å². The highest BCUT2D eigenvalue weighted by atomic mass is 35.5. The van der Waals surface area contributed by atoms with Crippen molar-refractivity contribution >= 4 is 23.2 Å². The average Bonchev–Trinajstić information content (AvgIpc) is 2.48. The first-order valence-electron chi connectivity index (χ1n) is 6.23. The van der Waals surface area contributed by atoms with Gasteiger partial charge in [-0.1, -0.05) is 11.6 Å². The minimum absolute atomic E-state index is 0.00320. The first-order chi connectivity index (χ1) is 10.1. The molecule has 0 atom stereocenters. The molecule has 108 valence electrons. The Morgan fingerprint density at radius 2 is 1.95 bits per heavy atom. The van der Waals surface area contributed by atoms with Gasteiger partial charge in [0.1, 0.15) is 18.8 Å². The summed E-state index contributed by atoms with van der Waals surface area (Å²) in [6, 6.07) is 4.42. The van der Waals surface area contributed by atoms with Crippen LogP contribution in [-0.2, 0) is 0 Å². The third-order valence-corrected chi connectivity index (χ3v) is 3.26. The van der Waals surface area contributed by atoms with E-state index in [1.54, 1.807) is 12.1 Å². The number of fused-ring (bicyclic) bond motifs is 1. The molecule has 0 bridgehead atoms. The normalized spacial score (nSPS) is 12.8. The van der Waals surface area contributed by atoms with Crippen molar-refractivity contribution in [3.63, 3.8) is 0 Å². The minimum atomic E-state index is -0.546. The van der Waals surface area contributed by atoms with Crippen LogP contribution in [0, 0.1) is 0 Å². The van der Waals surface area contributed by atoms with Crippen molar-refractivity contribution in [3.05, 3.63) is 51.4 Å². The maximum absolute atomic E-state index is 12.1. The zero-order chi connectivity index (χ0) is 14.8. The van der Waals surface area contributed by atoms with Crippen LogP contribution in [0.4, 0.5) is 5.69 Å². The molecule has 2 aromatic rings. The number of aromatic nitrogens is 1. The SMILES string of the molecule is O=C(Nc1cc2c(cc1Cl)OCCO2)c1c[nH]ccc1=O. The Hall–Kier alpha value is -2.47. The second kappa shape index (κ2) is 5.49. The predicted molar refractivity (Wildman–Crippen MR) is 77.5 cm³/mol. The largest absolute Gasteiger partial charge is 0.486 e. The number of aromatic amines is 1. The van der Waals surface area contributed by atoms with Crippen LogP contribution in [0.5, 0.6) is 11.5 Å². The van der Waals surface area contributed by atoms with Gasteiger partial charge in [0.05, 0.1) is 10.7 Å². The Kier molecular flexibility index (Phi) is 3.53. The van der Waals surface area contributed by atoms with Crippen molar-refractivity contribution in [2.45, 2.75) is 0 Å². The summed E-state index contributed by atoms with van der Waals surface area (Å²) in [5.74, 6) is 0.486. The molecule has 2 heterocycles. The van der Waals surface area contributed by atoms with Gasteiger partial charge in [0.25, 0.3) is 5.91 Å². The molecular formula is C14H11ClN2O4. The highest BCUT2D eigenvalue weighted by molar-refractivity contribution is 6.34. The maximum atomic E-state index is 12.1. The summed E-state index contributed by atoms with van der Waals surface area (Å²) >= 11 is 6.10. The van der Waals surface area contributed by atoms with E-state index in [2.05, 4.69) is 10.3 Å². The van der Waals surface area contributed by atoms with Gasteiger partial charge in [0.2, 0.25) is 0 Å². The first-order valence-corrected chi connectivity index (χ1v) is 6.60. The second-order valence-electron chi connectivity index (χ2n) is 4.35. The molecule has 0 saturated carbocycles. The maximum Gasteiger partial charge on any atom is 0.261 e. The lowest BCUT2D eigenvalue weighted by Crippen LogP contribution is -2.21. The van der Waals surface area contributed by atoms with E-state index in [0.717, 1.165) is 0 Å². The fraction of sp³-hybridized carbons (Fsp3) is 0.143. The number of benzene rings is 1. The van der Waals surface area contributed by atoms with E-state index >= 15 is 0 Å². The highest BCUT2D eigenvalue weighted by Gasteiger charge is 2.17. The van der Waals surface area contributed by atoms with Gasteiger partial charge in [-0.15, -0.1) is 0 Å². The molecule has 3 rings (SSSR count). The number of H-pyrrole nitrogens is 1. The lowest BCUT2D eigenvalue weighted by Gasteiger charge is -2.19. The Morgan fingerprint density at radius 3 is 2.67 bits per heavy atom. The van der Waals surface area contributed by atoms with E-state index in [-0.39, 0.29) is 11.0 Å². The second-order valence-corrected chi connectivity index (χ2v) is 4.76. The van der Waals surface area contributed by atoms with Crippen LogP contribution < -0.4 is 20.2 Å². The molecule has 0 unspecified atom stereocenters. The van der Waals surface area contributed by atoms with E-state index in [4.69, 9.17) is 21.1 Å². The zero-order valence-electron chi connectivity index (χ0n) is 10.8. The van der Waals surface area contributed by atoms with Crippen molar-refractivity contribution in [2.75, 3.05) is 18.5 Å². The third-order valence-electron chi connectivity index (χ3n) is 2.95. The van der Waals surface area contributed by atoms with E-state index in [9.17, 15) is 9.59 Å². The van der Waals surface area contributed by atoms with Gasteiger partial charge in [-0.25, -0.2) is 0 Å². The molecule has 0 saturated heterocycles. The lowest BCUT2D eigenvalue weighted by atomic mass is 10.2.